The maximum absolute atomic E-state index is 13.0. The van der Waals surface area contributed by atoms with Crippen molar-refractivity contribution in [2.75, 3.05) is 0 Å². The minimum Gasteiger partial charge on any atom is -0.351 e. The molecule has 23 heavy (non-hydrogen) atoms. The molecule has 1 amide bonds. The number of hydrogen-bond donors (Lipinski definition) is 1. The first-order chi connectivity index (χ1) is 11.2. The normalized spacial score (nSPS) is 22.0. The predicted octanol–water partition coefficient (Wildman–Crippen LogP) is 3.09. The number of aryl methyl sites for hydroxylation is 1. The van der Waals surface area contributed by atoms with Crippen molar-refractivity contribution in [1.82, 2.24) is 14.9 Å². The molecule has 0 bridgehead atoms. The van der Waals surface area contributed by atoms with Crippen molar-refractivity contribution < 1.29 is 4.79 Å². The Kier molecular flexibility index (Phi) is 3.64. The molecule has 1 saturated carbocycles. The van der Waals surface area contributed by atoms with Crippen molar-refractivity contribution in [3.05, 3.63) is 53.1 Å². The second-order valence-corrected chi connectivity index (χ2v) is 7.09. The molecule has 0 radical (unpaired) electrons. The summed E-state index contributed by atoms with van der Waals surface area (Å²) < 4.78 is 2.14. The molecule has 1 fully saturated rings. The Labute approximate surface area is 140 Å². The second kappa shape index (κ2) is 5.68. The van der Waals surface area contributed by atoms with Gasteiger partial charge in [0, 0.05) is 36.4 Å². The number of hydrogen-bond acceptors (Lipinski definition) is 2. The Bertz CT molecular complexity index is 735. The Balaban J connectivity index is 1.52. The lowest BCUT2D eigenvalue weighted by molar-refractivity contribution is -0.130. The average Bonchev–Trinajstić information content (AvgIpc) is 2.93. The number of amides is 1. The molecule has 1 N–H and O–H groups in total. The Morgan fingerprint density at radius 3 is 3.00 bits per heavy atom. The van der Waals surface area contributed by atoms with Gasteiger partial charge in [0.15, 0.2) is 0 Å². The smallest absolute Gasteiger partial charge is 0.230 e. The summed E-state index contributed by atoms with van der Waals surface area (Å²) in [7, 11) is 0. The van der Waals surface area contributed by atoms with Crippen LogP contribution in [0.2, 0.25) is 5.02 Å². The third kappa shape index (κ3) is 2.55. The van der Waals surface area contributed by atoms with E-state index in [4.69, 9.17) is 11.6 Å². The van der Waals surface area contributed by atoms with Crippen molar-refractivity contribution in [2.24, 2.45) is 0 Å². The number of imidazole rings is 1. The summed E-state index contributed by atoms with van der Waals surface area (Å²) in [5.41, 5.74) is 0.660. The van der Waals surface area contributed by atoms with E-state index in [2.05, 4.69) is 14.9 Å². The van der Waals surface area contributed by atoms with Gasteiger partial charge in [-0.25, -0.2) is 4.98 Å². The molecule has 5 heteroatoms. The zero-order valence-electron chi connectivity index (χ0n) is 13.0. The van der Waals surface area contributed by atoms with Gasteiger partial charge in [-0.05, 0) is 37.0 Å². The van der Waals surface area contributed by atoms with Crippen molar-refractivity contribution in [3.8, 4) is 0 Å². The van der Waals surface area contributed by atoms with Crippen LogP contribution in [0.25, 0.3) is 0 Å². The standard InChI is InChI=1S/C18H20ClN3O/c19-14-4-1-3-13(11-14)18(7-2-8-18)17(23)21-15-5-6-16-20-9-10-22(16)12-15/h1,3-4,9-11,15H,2,5-8,12H2,(H,21,23). The summed E-state index contributed by atoms with van der Waals surface area (Å²) in [5, 5.41) is 3.98. The number of fused-ring (bicyclic) bond motifs is 1. The van der Waals surface area contributed by atoms with Crippen molar-refractivity contribution >= 4 is 17.5 Å². The van der Waals surface area contributed by atoms with Gasteiger partial charge in [-0.1, -0.05) is 30.2 Å². The van der Waals surface area contributed by atoms with E-state index in [1.807, 2.05) is 36.7 Å². The molecular formula is C18H20ClN3O. The van der Waals surface area contributed by atoms with Crippen LogP contribution in [0, 0.1) is 0 Å². The van der Waals surface area contributed by atoms with E-state index in [1.54, 1.807) is 0 Å². The van der Waals surface area contributed by atoms with Crippen LogP contribution in [0.5, 0.6) is 0 Å². The van der Waals surface area contributed by atoms with E-state index in [9.17, 15) is 4.79 Å². The van der Waals surface area contributed by atoms with Crippen LogP contribution in [0.1, 0.15) is 37.1 Å². The Morgan fingerprint density at radius 1 is 1.39 bits per heavy atom. The number of rotatable bonds is 3. The largest absolute Gasteiger partial charge is 0.351 e. The fourth-order valence-electron chi connectivity index (χ4n) is 3.77. The molecule has 2 heterocycles. The lowest BCUT2D eigenvalue weighted by Crippen LogP contribution is -2.53. The molecule has 0 spiro atoms. The molecule has 1 unspecified atom stereocenters. The number of benzene rings is 1. The molecule has 1 aliphatic heterocycles. The topological polar surface area (TPSA) is 46.9 Å². The molecule has 1 atom stereocenters. The summed E-state index contributed by atoms with van der Waals surface area (Å²) in [5.74, 6) is 1.27. The molecule has 4 rings (SSSR count). The average molecular weight is 330 g/mol. The third-order valence-corrected chi connectivity index (χ3v) is 5.52. The third-order valence-electron chi connectivity index (χ3n) is 5.29. The maximum Gasteiger partial charge on any atom is 0.230 e. The SMILES string of the molecule is O=C(NC1CCc2nccn2C1)C1(c2cccc(Cl)c2)CCC1. The predicted molar refractivity (Wildman–Crippen MR) is 89.5 cm³/mol. The van der Waals surface area contributed by atoms with Crippen LogP contribution in [0.4, 0.5) is 0 Å². The monoisotopic (exact) mass is 329 g/mol. The zero-order chi connectivity index (χ0) is 15.9. The van der Waals surface area contributed by atoms with Crippen LogP contribution in [-0.2, 0) is 23.2 Å². The van der Waals surface area contributed by atoms with E-state index in [-0.39, 0.29) is 17.4 Å². The summed E-state index contributed by atoms with van der Waals surface area (Å²) in [6.45, 7) is 0.812. The zero-order valence-corrected chi connectivity index (χ0v) is 13.7. The van der Waals surface area contributed by atoms with Crippen LogP contribution in [-0.4, -0.2) is 21.5 Å². The van der Waals surface area contributed by atoms with Gasteiger partial charge in [0.25, 0.3) is 0 Å². The molecule has 1 aromatic heterocycles. The van der Waals surface area contributed by atoms with Gasteiger partial charge in [0.1, 0.15) is 5.82 Å². The first-order valence-electron chi connectivity index (χ1n) is 8.24. The van der Waals surface area contributed by atoms with Crippen LogP contribution >= 0.6 is 11.6 Å². The number of carbonyl (C=O) groups is 1. The lowest BCUT2D eigenvalue weighted by Gasteiger charge is -2.42. The minimum atomic E-state index is -0.389. The van der Waals surface area contributed by atoms with Crippen LogP contribution < -0.4 is 5.32 Å². The maximum atomic E-state index is 13.0. The highest BCUT2D eigenvalue weighted by molar-refractivity contribution is 6.30. The second-order valence-electron chi connectivity index (χ2n) is 6.65. The van der Waals surface area contributed by atoms with Crippen molar-refractivity contribution in [2.45, 2.75) is 50.1 Å². The number of nitrogens with one attached hydrogen (secondary N) is 1. The van der Waals surface area contributed by atoms with E-state index in [0.717, 1.165) is 50.0 Å². The van der Waals surface area contributed by atoms with Crippen molar-refractivity contribution in [3.63, 3.8) is 0 Å². The quantitative estimate of drug-likeness (QED) is 0.940. The fraction of sp³-hybridized carbons (Fsp3) is 0.444. The minimum absolute atomic E-state index is 0.152. The molecule has 2 aliphatic rings. The number of nitrogens with zero attached hydrogens (tertiary/aromatic N) is 2. The van der Waals surface area contributed by atoms with Gasteiger partial charge in [0.2, 0.25) is 5.91 Å². The summed E-state index contributed by atoms with van der Waals surface area (Å²) in [6, 6.07) is 7.94. The van der Waals surface area contributed by atoms with Gasteiger partial charge < -0.3 is 9.88 Å². The summed E-state index contributed by atoms with van der Waals surface area (Å²) >= 11 is 6.13. The van der Waals surface area contributed by atoms with Crippen LogP contribution in [0.3, 0.4) is 0 Å². The van der Waals surface area contributed by atoms with E-state index in [1.165, 1.54) is 0 Å². The molecular weight excluding hydrogens is 310 g/mol. The van der Waals surface area contributed by atoms with E-state index < -0.39 is 0 Å². The Hall–Kier alpha value is -1.81. The number of aromatic nitrogens is 2. The Morgan fingerprint density at radius 2 is 2.26 bits per heavy atom. The lowest BCUT2D eigenvalue weighted by atomic mass is 9.63. The van der Waals surface area contributed by atoms with Gasteiger partial charge in [-0.2, -0.15) is 0 Å². The van der Waals surface area contributed by atoms with Gasteiger partial charge >= 0.3 is 0 Å². The highest BCUT2D eigenvalue weighted by atomic mass is 35.5. The van der Waals surface area contributed by atoms with Gasteiger partial charge in [-0.3, -0.25) is 4.79 Å². The summed E-state index contributed by atoms with van der Waals surface area (Å²) in [4.78, 5) is 17.3. The van der Waals surface area contributed by atoms with E-state index >= 15 is 0 Å². The van der Waals surface area contributed by atoms with Gasteiger partial charge in [0.05, 0.1) is 5.41 Å². The first-order valence-corrected chi connectivity index (χ1v) is 8.62. The molecule has 0 saturated heterocycles. The van der Waals surface area contributed by atoms with Crippen molar-refractivity contribution in [1.29, 1.82) is 0 Å². The van der Waals surface area contributed by atoms with Crippen LogP contribution in [0.15, 0.2) is 36.7 Å². The molecule has 2 aromatic rings. The molecule has 1 aromatic carbocycles. The van der Waals surface area contributed by atoms with E-state index in [0.29, 0.717) is 5.02 Å². The molecule has 4 nitrogen and oxygen atoms in total. The molecule has 1 aliphatic carbocycles. The highest BCUT2D eigenvalue weighted by Crippen LogP contribution is 2.44. The number of halogens is 1. The summed E-state index contributed by atoms with van der Waals surface area (Å²) in [6.07, 6.45) is 8.60. The number of carbonyl (C=O) groups excluding carboxylic acids is 1. The highest BCUT2D eigenvalue weighted by Gasteiger charge is 2.46. The first kappa shape index (κ1) is 14.8. The van der Waals surface area contributed by atoms with Gasteiger partial charge in [-0.15, -0.1) is 0 Å². The fourth-order valence-corrected chi connectivity index (χ4v) is 3.96. The molecule has 120 valence electrons.